The lowest BCUT2D eigenvalue weighted by Gasteiger charge is -2.22. The maximum atomic E-state index is 5.83. The summed E-state index contributed by atoms with van der Waals surface area (Å²) < 4.78 is 6.91. The molecule has 1 heterocycles. The highest BCUT2D eigenvalue weighted by Gasteiger charge is 2.20. The molecule has 21 heavy (non-hydrogen) atoms. The smallest absolute Gasteiger partial charge is 0.124 e. The molecule has 1 aromatic heterocycles. The van der Waals surface area contributed by atoms with Crippen molar-refractivity contribution in [1.82, 2.24) is 5.32 Å². The van der Waals surface area contributed by atoms with Gasteiger partial charge in [0.2, 0.25) is 0 Å². The molecule has 1 N–H and O–H groups in total. The molecule has 114 valence electrons. The molecule has 0 saturated heterocycles. The Labute approximate surface area is 139 Å². The van der Waals surface area contributed by atoms with E-state index in [2.05, 4.69) is 51.9 Å². The second-order valence-corrected chi connectivity index (χ2v) is 6.67. The second-order valence-electron chi connectivity index (χ2n) is 5.01. The number of hydrogen-bond acceptors (Lipinski definition) is 3. The molecule has 0 bridgehead atoms. The second kappa shape index (κ2) is 7.97. The number of aryl methyl sites for hydroxylation is 1. The van der Waals surface area contributed by atoms with Crippen LogP contribution in [0.15, 0.2) is 33.4 Å². The van der Waals surface area contributed by atoms with E-state index >= 15 is 0 Å². The number of hydrogen-bond donors (Lipinski definition) is 1. The summed E-state index contributed by atoms with van der Waals surface area (Å²) >= 11 is 5.34. The molecule has 2 nitrogen and oxygen atoms in total. The molecule has 2 aromatic rings. The SMILES string of the molecule is CCCNC(c1cscc1C)c1cc(Br)ccc1OCC. The van der Waals surface area contributed by atoms with Crippen molar-refractivity contribution in [2.24, 2.45) is 0 Å². The molecular weight excluding hydrogens is 346 g/mol. The predicted octanol–water partition coefficient (Wildman–Crippen LogP) is 5.31. The maximum absolute atomic E-state index is 5.83. The van der Waals surface area contributed by atoms with Crippen LogP contribution in [0.2, 0.25) is 0 Å². The summed E-state index contributed by atoms with van der Waals surface area (Å²) in [6.45, 7) is 8.05. The minimum atomic E-state index is 0.176. The monoisotopic (exact) mass is 367 g/mol. The van der Waals surface area contributed by atoms with Gasteiger partial charge in [0.05, 0.1) is 12.6 Å². The van der Waals surface area contributed by atoms with Crippen LogP contribution in [0.5, 0.6) is 5.75 Å². The van der Waals surface area contributed by atoms with E-state index in [1.165, 1.54) is 16.7 Å². The van der Waals surface area contributed by atoms with Gasteiger partial charge in [-0.2, -0.15) is 11.3 Å². The Morgan fingerprint density at radius 1 is 1.24 bits per heavy atom. The largest absolute Gasteiger partial charge is 0.494 e. The van der Waals surface area contributed by atoms with Crippen LogP contribution < -0.4 is 10.1 Å². The first-order chi connectivity index (χ1) is 10.2. The lowest BCUT2D eigenvalue weighted by molar-refractivity contribution is 0.333. The minimum absolute atomic E-state index is 0.176. The molecule has 0 radical (unpaired) electrons. The molecule has 4 heteroatoms. The van der Waals surface area contributed by atoms with Crippen molar-refractivity contribution in [3.63, 3.8) is 0 Å². The van der Waals surface area contributed by atoms with Crippen LogP contribution in [0.25, 0.3) is 0 Å². The van der Waals surface area contributed by atoms with Crippen molar-refractivity contribution >= 4 is 27.3 Å². The zero-order valence-corrected chi connectivity index (χ0v) is 15.2. The first kappa shape index (κ1) is 16.5. The van der Waals surface area contributed by atoms with Crippen LogP contribution in [0.3, 0.4) is 0 Å². The molecule has 0 aliphatic rings. The van der Waals surface area contributed by atoms with E-state index in [-0.39, 0.29) is 6.04 Å². The molecule has 0 fully saturated rings. The highest BCUT2D eigenvalue weighted by molar-refractivity contribution is 9.10. The molecule has 1 unspecified atom stereocenters. The van der Waals surface area contributed by atoms with E-state index in [0.29, 0.717) is 6.61 Å². The minimum Gasteiger partial charge on any atom is -0.494 e. The average molecular weight is 368 g/mol. The van der Waals surface area contributed by atoms with Crippen LogP contribution in [0, 0.1) is 6.92 Å². The van der Waals surface area contributed by atoms with Crippen molar-refractivity contribution in [3.8, 4) is 5.75 Å². The Balaban J connectivity index is 2.45. The molecule has 0 spiro atoms. The van der Waals surface area contributed by atoms with Gasteiger partial charge >= 0.3 is 0 Å². The zero-order valence-electron chi connectivity index (χ0n) is 12.8. The third kappa shape index (κ3) is 4.09. The van der Waals surface area contributed by atoms with Crippen LogP contribution in [-0.2, 0) is 0 Å². The summed E-state index contributed by atoms with van der Waals surface area (Å²) in [4.78, 5) is 0. The van der Waals surface area contributed by atoms with Crippen molar-refractivity contribution in [2.75, 3.05) is 13.2 Å². The number of halogens is 1. The van der Waals surface area contributed by atoms with Gasteiger partial charge in [0.25, 0.3) is 0 Å². The Kier molecular flexibility index (Phi) is 6.27. The van der Waals surface area contributed by atoms with Gasteiger partial charge in [0.1, 0.15) is 5.75 Å². The standard InChI is InChI=1S/C17H22BrNOS/c1-4-8-19-17(15-11-21-10-12(15)3)14-9-13(18)6-7-16(14)20-5-2/h6-7,9-11,17,19H,4-5,8H2,1-3H3. The molecule has 0 aliphatic heterocycles. The quantitative estimate of drug-likeness (QED) is 0.715. The highest BCUT2D eigenvalue weighted by Crippen LogP contribution is 2.35. The van der Waals surface area contributed by atoms with Crippen LogP contribution in [0.1, 0.15) is 43.0 Å². The third-order valence-electron chi connectivity index (χ3n) is 3.39. The molecule has 0 amide bonds. The van der Waals surface area contributed by atoms with Crippen molar-refractivity contribution in [1.29, 1.82) is 0 Å². The lowest BCUT2D eigenvalue weighted by atomic mass is 9.97. The number of benzene rings is 1. The van der Waals surface area contributed by atoms with E-state index in [1.807, 2.05) is 19.1 Å². The average Bonchev–Trinajstić information content (AvgIpc) is 2.88. The van der Waals surface area contributed by atoms with Gasteiger partial charge in [-0.05, 0) is 66.9 Å². The van der Waals surface area contributed by atoms with E-state index in [1.54, 1.807) is 11.3 Å². The van der Waals surface area contributed by atoms with Crippen LogP contribution in [-0.4, -0.2) is 13.2 Å². The Morgan fingerprint density at radius 3 is 2.67 bits per heavy atom. The van der Waals surface area contributed by atoms with Crippen LogP contribution in [0.4, 0.5) is 0 Å². The summed E-state index contributed by atoms with van der Waals surface area (Å²) in [5.41, 5.74) is 3.87. The van der Waals surface area contributed by atoms with Gasteiger partial charge in [-0.1, -0.05) is 22.9 Å². The fourth-order valence-corrected chi connectivity index (χ4v) is 3.63. The fourth-order valence-electron chi connectivity index (χ4n) is 2.37. The summed E-state index contributed by atoms with van der Waals surface area (Å²) in [6.07, 6.45) is 1.11. The third-order valence-corrected chi connectivity index (χ3v) is 4.76. The molecule has 0 aliphatic carbocycles. The van der Waals surface area contributed by atoms with E-state index in [0.717, 1.165) is 23.2 Å². The summed E-state index contributed by atoms with van der Waals surface area (Å²) in [5, 5.41) is 8.10. The predicted molar refractivity (Wildman–Crippen MR) is 94.5 cm³/mol. The molecule has 1 aromatic carbocycles. The van der Waals surface area contributed by atoms with Crippen molar-refractivity contribution in [3.05, 3.63) is 50.1 Å². The van der Waals surface area contributed by atoms with Gasteiger partial charge in [0.15, 0.2) is 0 Å². The Bertz CT molecular complexity index is 582. The van der Waals surface area contributed by atoms with E-state index < -0.39 is 0 Å². The Hall–Kier alpha value is -0.840. The van der Waals surface area contributed by atoms with Crippen molar-refractivity contribution < 1.29 is 4.74 Å². The van der Waals surface area contributed by atoms with Gasteiger partial charge in [-0.3, -0.25) is 0 Å². The number of nitrogens with one attached hydrogen (secondary N) is 1. The summed E-state index contributed by atoms with van der Waals surface area (Å²) in [6, 6.07) is 6.42. The van der Waals surface area contributed by atoms with E-state index in [9.17, 15) is 0 Å². The fraction of sp³-hybridized carbons (Fsp3) is 0.412. The van der Waals surface area contributed by atoms with Gasteiger partial charge in [-0.25, -0.2) is 0 Å². The van der Waals surface area contributed by atoms with Gasteiger partial charge in [0, 0.05) is 10.0 Å². The molecule has 0 saturated carbocycles. The maximum Gasteiger partial charge on any atom is 0.124 e. The zero-order chi connectivity index (χ0) is 15.2. The lowest BCUT2D eigenvalue weighted by Crippen LogP contribution is -2.24. The Morgan fingerprint density at radius 2 is 2.05 bits per heavy atom. The highest BCUT2D eigenvalue weighted by atomic mass is 79.9. The molecule has 2 rings (SSSR count). The van der Waals surface area contributed by atoms with Gasteiger partial charge < -0.3 is 10.1 Å². The summed E-state index contributed by atoms with van der Waals surface area (Å²) in [7, 11) is 0. The normalized spacial score (nSPS) is 12.4. The molecular formula is C17H22BrNOS. The van der Waals surface area contributed by atoms with Crippen LogP contribution >= 0.6 is 27.3 Å². The first-order valence-electron chi connectivity index (χ1n) is 7.35. The molecule has 1 atom stereocenters. The number of rotatable bonds is 7. The van der Waals surface area contributed by atoms with Crippen molar-refractivity contribution in [2.45, 2.75) is 33.2 Å². The first-order valence-corrected chi connectivity index (χ1v) is 9.09. The van der Waals surface area contributed by atoms with E-state index in [4.69, 9.17) is 4.74 Å². The number of thiophene rings is 1. The number of ether oxygens (including phenoxy) is 1. The summed E-state index contributed by atoms with van der Waals surface area (Å²) in [5.74, 6) is 0.958. The van der Waals surface area contributed by atoms with Gasteiger partial charge in [-0.15, -0.1) is 0 Å². The topological polar surface area (TPSA) is 21.3 Å².